The summed E-state index contributed by atoms with van der Waals surface area (Å²) < 4.78 is 0. The molecule has 7 amide bonds. The smallest absolute Gasteiger partial charge is 0.245 e. The number of fused-ring (bicyclic) bond motifs is 3. The number of nitrogens with one attached hydrogen (secondary N) is 6. The predicted molar refractivity (Wildman–Crippen MR) is 213 cm³/mol. The molecule has 2 aromatic carbocycles. The van der Waals surface area contributed by atoms with Crippen molar-refractivity contribution < 1.29 is 33.6 Å². The van der Waals surface area contributed by atoms with Gasteiger partial charge in [-0.2, -0.15) is 11.8 Å². The highest BCUT2D eigenvalue weighted by Crippen LogP contribution is 2.22. The fraction of sp³-hybridized carbons (Fsp3) is 0.475. The first-order valence-corrected chi connectivity index (χ1v) is 20.4. The minimum absolute atomic E-state index is 0.00252. The van der Waals surface area contributed by atoms with E-state index in [1.165, 1.54) is 16.7 Å². The van der Waals surface area contributed by atoms with E-state index in [2.05, 4.69) is 31.6 Å². The van der Waals surface area contributed by atoms with Crippen LogP contribution in [0.4, 0.5) is 0 Å². The van der Waals surface area contributed by atoms with Crippen molar-refractivity contribution in [1.29, 1.82) is 0 Å². The quantitative estimate of drug-likeness (QED) is 0.140. The Hall–Kier alpha value is -5.38. The van der Waals surface area contributed by atoms with Crippen LogP contribution in [0.5, 0.6) is 0 Å². The van der Waals surface area contributed by atoms with Gasteiger partial charge in [-0.05, 0) is 60.8 Å². The zero-order valence-corrected chi connectivity index (χ0v) is 32.8. The number of carbonyl (C=O) groups is 7. The maximum Gasteiger partial charge on any atom is 0.245 e. The third-order valence-corrected chi connectivity index (χ3v) is 10.8. The molecule has 56 heavy (non-hydrogen) atoms. The van der Waals surface area contributed by atoms with Crippen molar-refractivity contribution in [3.63, 3.8) is 0 Å². The summed E-state index contributed by atoms with van der Waals surface area (Å²) in [7, 11) is 0. The molecule has 2 saturated heterocycles. The second-order valence-electron chi connectivity index (χ2n) is 14.8. The van der Waals surface area contributed by atoms with Crippen LogP contribution < -0.4 is 32.3 Å². The lowest BCUT2D eigenvalue weighted by molar-refractivity contribution is -0.141. The maximum absolute atomic E-state index is 14.4. The van der Waals surface area contributed by atoms with E-state index in [4.69, 9.17) is 5.73 Å². The third kappa shape index (κ3) is 10.9. The van der Waals surface area contributed by atoms with Gasteiger partial charge in [0.15, 0.2) is 0 Å². The van der Waals surface area contributed by atoms with E-state index in [1.54, 1.807) is 18.3 Å². The lowest BCUT2D eigenvalue weighted by Gasteiger charge is -2.31. The van der Waals surface area contributed by atoms with Crippen LogP contribution in [0.15, 0.2) is 60.8 Å². The molecule has 3 aromatic rings. The average molecular weight is 789 g/mol. The summed E-state index contributed by atoms with van der Waals surface area (Å²) in [5.41, 5.74) is 7.73. The van der Waals surface area contributed by atoms with Gasteiger partial charge >= 0.3 is 0 Å². The van der Waals surface area contributed by atoms with Crippen LogP contribution in [0.1, 0.15) is 57.1 Å². The van der Waals surface area contributed by atoms with Crippen LogP contribution in [0.3, 0.4) is 0 Å². The Morgan fingerprint density at radius 3 is 2.04 bits per heavy atom. The SMILES string of the molecule is CSCC[C@@H]1NC(=O)C(CC(C)C)N2CCC(NC(=O)[C@H](Cc3ccccc3)NC(=O)[C@H](Cc3c[nH]c4ccccc34)NC(=O)[C@H](CCC(N)=O)NC1=O)C2=O. The average Bonchev–Trinajstić information content (AvgIpc) is 3.75. The number of H-pyrrole nitrogens is 1. The number of nitrogens with zero attached hydrogens (tertiary/aromatic N) is 1. The van der Waals surface area contributed by atoms with Crippen LogP contribution in [0, 0.1) is 5.92 Å². The fourth-order valence-electron chi connectivity index (χ4n) is 7.17. The van der Waals surface area contributed by atoms with E-state index in [0.717, 1.165) is 16.5 Å². The molecule has 0 aliphatic carbocycles. The van der Waals surface area contributed by atoms with Crippen molar-refractivity contribution in [2.75, 3.05) is 18.6 Å². The van der Waals surface area contributed by atoms with Gasteiger partial charge in [0, 0.05) is 42.9 Å². The molecule has 1 aromatic heterocycles. The van der Waals surface area contributed by atoms with Crippen LogP contribution in [-0.2, 0) is 46.4 Å². The molecular formula is C40H52N8O7S. The first-order valence-electron chi connectivity index (χ1n) is 19.0. The second kappa shape index (κ2) is 19.5. The Morgan fingerprint density at radius 1 is 0.768 bits per heavy atom. The second-order valence-corrected chi connectivity index (χ2v) is 15.8. The van der Waals surface area contributed by atoms with Crippen molar-refractivity contribution in [1.82, 2.24) is 36.5 Å². The molecule has 5 rings (SSSR count). The standard InChI is InChI=1S/C40H52N8O7S/c1-23(2)19-33-39(54)44-29(16-18-56-3)36(51)43-28(13-14-34(41)49)35(50)47-32(21-25-22-42-27-12-8-7-11-26(25)27)38(53)46-31(20-24-9-5-4-6-10-24)37(52)45-30-15-17-48(33)40(30)55/h4-12,22-23,28-33,42H,13-21H2,1-3H3,(H2,41,49)(H,43,51)(H,44,54)(H,45,52)(H,46,53)(H,47,50)/t28-,29-,30?,31-,32-,33?/m0/s1. The molecule has 2 aliphatic rings. The highest BCUT2D eigenvalue weighted by atomic mass is 32.2. The molecule has 0 saturated carbocycles. The number of aromatic nitrogens is 1. The molecule has 2 unspecified atom stereocenters. The van der Waals surface area contributed by atoms with E-state index in [0.29, 0.717) is 17.7 Å². The Morgan fingerprint density at radius 2 is 1.36 bits per heavy atom. The lowest BCUT2D eigenvalue weighted by Crippen LogP contribution is -2.61. The van der Waals surface area contributed by atoms with Crippen LogP contribution in [0.2, 0.25) is 0 Å². The molecule has 2 bridgehead atoms. The number of nitrogens with two attached hydrogens (primary N) is 1. The van der Waals surface area contributed by atoms with Crippen molar-refractivity contribution >= 4 is 64.0 Å². The number of carbonyl (C=O) groups excluding carboxylic acids is 7. The molecule has 2 aliphatic heterocycles. The Balaban J connectivity index is 1.56. The monoisotopic (exact) mass is 788 g/mol. The molecule has 0 spiro atoms. The van der Waals surface area contributed by atoms with Gasteiger partial charge in [-0.25, -0.2) is 0 Å². The molecule has 2 fully saturated rings. The van der Waals surface area contributed by atoms with Crippen LogP contribution >= 0.6 is 11.8 Å². The summed E-state index contributed by atoms with van der Waals surface area (Å²) >= 11 is 1.46. The zero-order valence-electron chi connectivity index (χ0n) is 32.0. The van der Waals surface area contributed by atoms with Gasteiger partial charge in [0.05, 0.1) is 0 Å². The summed E-state index contributed by atoms with van der Waals surface area (Å²) in [4.78, 5) is 101. The zero-order chi connectivity index (χ0) is 40.4. The van der Waals surface area contributed by atoms with E-state index in [-0.39, 0.29) is 51.0 Å². The van der Waals surface area contributed by atoms with Crippen molar-refractivity contribution in [2.45, 2.75) is 95.0 Å². The van der Waals surface area contributed by atoms with Gasteiger partial charge in [0.1, 0.15) is 36.3 Å². The van der Waals surface area contributed by atoms with Gasteiger partial charge in [-0.3, -0.25) is 33.6 Å². The fourth-order valence-corrected chi connectivity index (χ4v) is 7.64. The van der Waals surface area contributed by atoms with Gasteiger partial charge in [0.25, 0.3) is 0 Å². The molecule has 6 atom stereocenters. The number of benzene rings is 2. The van der Waals surface area contributed by atoms with Gasteiger partial charge in [0.2, 0.25) is 41.4 Å². The number of para-hydroxylation sites is 1. The van der Waals surface area contributed by atoms with Crippen LogP contribution in [0.25, 0.3) is 10.9 Å². The first-order chi connectivity index (χ1) is 26.8. The van der Waals surface area contributed by atoms with E-state index in [1.807, 2.05) is 62.6 Å². The summed E-state index contributed by atoms with van der Waals surface area (Å²) in [6.07, 6.45) is 3.95. The predicted octanol–water partition coefficient (Wildman–Crippen LogP) is 1.06. The van der Waals surface area contributed by atoms with Crippen molar-refractivity contribution in [3.05, 3.63) is 71.9 Å². The molecule has 3 heterocycles. The number of hydrogen-bond acceptors (Lipinski definition) is 8. The topological polar surface area (TPSA) is 225 Å². The van der Waals surface area contributed by atoms with E-state index < -0.39 is 77.6 Å². The molecule has 300 valence electrons. The van der Waals surface area contributed by atoms with Crippen molar-refractivity contribution in [2.24, 2.45) is 11.7 Å². The first kappa shape index (κ1) is 41.8. The highest BCUT2D eigenvalue weighted by Gasteiger charge is 2.42. The van der Waals surface area contributed by atoms with Gasteiger partial charge in [-0.15, -0.1) is 0 Å². The molecule has 8 N–H and O–H groups in total. The number of hydrogen-bond donors (Lipinski definition) is 7. The minimum Gasteiger partial charge on any atom is -0.370 e. The maximum atomic E-state index is 14.4. The number of aromatic amines is 1. The number of primary amides is 1. The van der Waals surface area contributed by atoms with Crippen LogP contribution in [-0.4, -0.2) is 106 Å². The largest absolute Gasteiger partial charge is 0.370 e. The lowest BCUT2D eigenvalue weighted by atomic mass is 10.00. The van der Waals surface area contributed by atoms with Crippen molar-refractivity contribution in [3.8, 4) is 0 Å². The van der Waals surface area contributed by atoms with Gasteiger partial charge < -0.3 is 42.2 Å². The summed E-state index contributed by atoms with van der Waals surface area (Å²) in [6, 6.07) is 9.79. The third-order valence-electron chi connectivity index (χ3n) is 10.1. The minimum atomic E-state index is -1.32. The molecule has 0 radical (unpaired) electrons. The number of amides is 7. The Kier molecular flexibility index (Phi) is 14.5. The summed E-state index contributed by atoms with van der Waals surface area (Å²) in [6.45, 7) is 4.02. The molecule has 15 nitrogen and oxygen atoms in total. The molecule has 16 heteroatoms. The highest BCUT2D eigenvalue weighted by molar-refractivity contribution is 7.98. The Bertz CT molecular complexity index is 1900. The summed E-state index contributed by atoms with van der Waals surface area (Å²) in [5.74, 6) is -3.90. The normalized spacial score (nSPS) is 24.2. The number of rotatable bonds is 12. The van der Waals surface area contributed by atoms with Gasteiger partial charge in [-0.1, -0.05) is 62.4 Å². The number of thioether (sulfide) groups is 1. The summed E-state index contributed by atoms with van der Waals surface area (Å²) in [5, 5.41) is 14.8. The molecular weight excluding hydrogens is 737 g/mol. The Labute approximate surface area is 330 Å². The van der Waals surface area contributed by atoms with E-state index >= 15 is 0 Å². The van der Waals surface area contributed by atoms with E-state index in [9.17, 15) is 33.6 Å².